The van der Waals surface area contributed by atoms with Gasteiger partial charge in [0.15, 0.2) is 0 Å². The zero-order valence-corrected chi connectivity index (χ0v) is 8.49. The zero-order valence-electron chi connectivity index (χ0n) is 8.49. The fourth-order valence-electron chi connectivity index (χ4n) is 2.09. The maximum atomic E-state index is 4.37. The Morgan fingerprint density at radius 2 is 1.80 bits per heavy atom. The van der Waals surface area contributed by atoms with Gasteiger partial charge in [-0.2, -0.15) is 0 Å². The molecule has 2 heteroatoms. The van der Waals surface area contributed by atoms with E-state index in [4.69, 9.17) is 0 Å². The van der Waals surface area contributed by atoms with Gasteiger partial charge >= 0.3 is 0 Å². The molecule has 15 heavy (non-hydrogen) atoms. The number of hydrogen-bond acceptors (Lipinski definition) is 2. The molecule has 0 aliphatic carbocycles. The lowest BCUT2D eigenvalue weighted by atomic mass is 10.0. The fraction of sp³-hybridized carbons (Fsp3) is 0.0769. The normalized spacial score (nSPS) is 11.3. The Morgan fingerprint density at radius 3 is 2.67 bits per heavy atom. The number of nitrogens with zero attached hydrogens (tertiary/aromatic N) is 2. The van der Waals surface area contributed by atoms with E-state index >= 15 is 0 Å². The van der Waals surface area contributed by atoms with Crippen molar-refractivity contribution in [1.82, 2.24) is 9.97 Å². The van der Waals surface area contributed by atoms with Gasteiger partial charge in [-0.15, -0.1) is 0 Å². The van der Waals surface area contributed by atoms with Gasteiger partial charge in [-0.3, -0.25) is 9.97 Å². The van der Waals surface area contributed by atoms with Crippen LogP contribution in [-0.4, -0.2) is 9.97 Å². The molecule has 1 aromatic carbocycles. The lowest BCUT2D eigenvalue weighted by Gasteiger charge is -2.06. The summed E-state index contributed by atoms with van der Waals surface area (Å²) in [6.07, 6.45) is 5.60. The average molecular weight is 194 g/mol. The number of hydrogen-bond donors (Lipinski definition) is 0. The minimum Gasteiger partial charge on any atom is -0.263 e. The van der Waals surface area contributed by atoms with Crippen LogP contribution in [0, 0.1) is 6.92 Å². The highest BCUT2D eigenvalue weighted by Crippen LogP contribution is 2.23. The first-order chi connectivity index (χ1) is 7.27. The molecule has 0 saturated carbocycles. The molecule has 0 radical (unpaired) electrons. The first-order valence-electron chi connectivity index (χ1n) is 4.88. The Labute approximate surface area is 87.3 Å². The van der Waals surface area contributed by atoms with Crippen LogP contribution >= 0.6 is 0 Å². The van der Waals surface area contributed by atoms with Gasteiger partial charge in [-0.05, 0) is 12.1 Å². The molecule has 2 heterocycles. The summed E-state index contributed by atoms with van der Waals surface area (Å²) in [6, 6.07) is 4.08. The number of rotatable bonds is 0. The van der Waals surface area contributed by atoms with E-state index in [1.807, 2.05) is 31.6 Å². The van der Waals surface area contributed by atoms with E-state index < -0.39 is 0 Å². The van der Waals surface area contributed by atoms with Crippen molar-refractivity contribution >= 4 is 28.1 Å². The number of aryl methyl sites for hydroxylation is 1. The summed E-state index contributed by atoms with van der Waals surface area (Å²) >= 11 is 0. The lowest BCUT2D eigenvalue weighted by Crippen LogP contribution is -2.02. The second-order valence-electron chi connectivity index (χ2n) is 3.77. The van der Waals surface area contributed by atoms with Crippen LogP contribution in [0.3, 0.4) is 0 Å². The molecule has 0 saturated heterocycles. The number of benzene rings is 1. The maximum Gasteiger partial charge on any atom is 0.0457 e. The Kier molecular flexibility index (Phi) is 1.54. The average Bonchev–Trinajstić information content (AvgIpc) is 2.25. The summed E-state index contributed by atoms with van der Waals surface area (Å²) in [5.74, 6) is 0. The third kappa shape index (κ3) is 1.05. The molecule has 0 aliphatic rings. The van der Waals surface area contributed by atoms with Crippen LogP contribution in [0.4, 0.5) is 0 Å². The van der Waals surface area contributed by atoms with Crippen molar-refractivity contribution in [3.8, 4) is 0 Å². The van der Waals surface area contributed by atoms with Crippen molar-refractivity contribution in [1.29, 1.82) is 0 Å². The van der Waals surface area contributed by atoms with Crippen LogP contribution in [0.15, 0.2) is 30.7 Å². The van der Waals surface area contributed by atoms with E-state index in [9.17, 15) is 0 Å². The van der Waals surface area contributed by atoms with E-state index in [1.165, 1.54) is 5.39 Å². The Morgan fingerprint density at radius 1 is 1.00 bits per heavy atom. The Hall–Kier alpha value is -1.96. The predicted molar refractivity (Wildman–Crippen MR) is 62.5 cm³/mol. The third-order valence-corrected chi connectivity index (χ3v) is 2.80. The van der Waals surface area contributed by atoms with Gasteiger partial charge in [0.2, 0.25) is 0 Å². The monoisotopic (exact) mass is 194 g/mol. The molecule has 0 bridgehead atoms. The van der Waals surface area contributed by atoms with Crippen molar-refractivity contribution in [3.05, 3.63) is 41.6 Å². The van der Waals surface area contributed by atoms with Crippen LogP contribution in [0.25, 0.3) is 28.1 Å². The molecule has 0 aliphatic heterocycles. The van der Waals surface area contributed by atoms with E-state index in [2.05, 4.69) is 22.6 Å². The molecule has 2 nitrogen and oxygen atoms in total. The third-order valence-electron chi connectivity index (χ3n) is 2.80. The standard InChI is InChI=1S/C13H10N2/c1-8-3-4-10-5-14-6-11-7-15-9(2)12(8)13(10)11/h3-7H,1H2,2H3. The summed E-state index contributed by atoms with van der Waals surface area (Å²) in [7, 11) is 0. The van der Waals surface area contributed by atoms with Crippen molar-refractivity contribution < 1.29 is 0 Å². The molecular weight excluding hydrogens is 184 g/mol. The van der Waals surface area contributed by atoms with Crippen LogP contribution < -0.4 is 5.22 Å². The Balaban J connectivity index is 2.79. The number of aromatic nitrogens is 2. The molecule has 0 N–H and O–H groups in total. The summed E-state index contributed by atoms with van der Waals surface area (Å²) in [6.45, 7) is 6.07. The minimum atomic E-state index is 1.03. The van der Waals surface area contributed by atoms with Crippen molar-refractivity contribution in [2.24, 2.45) is 0 Å². The largest absolute Gasteiger partial charge is 0.263 e. The Bertz CT molecular complexity index is 685. The van der Waals surface area contributed by atoms with Crippen LogP contribution in [0.5, 0.6) is 0 Å². The zero-order chi connectivity index (χ0) is 10.4. The van der Waals surface area contributed by atoms with Gasteiger partial charge in [-0.1, -0.05) is 18.7 Å². The smallest absolute Gasteiger partial charge is 0.0457 e. The van der Waals surface area contributed by atoms with E-state index in [0.717, 1.165) is 27.1 Å². The summed E-state index contributed by atoms with van der Waals surface area (Å²) in [4.78, 5) is 8.56. The van der Waals surface area contributed by atoms with Gasteiger partial charge < -0.3 is 0 Å². The first-order valence-corrected chi connectivity index (χ1v) is 4.88. The molecule has 0 unspecified atom stereocenters. The first kappa shape index (κ1) is 8.36. The van der Waals surface area contributed by atoms with Gasteiger partial charge in [0, 0.05) is 45.8 Å². The van der Waals surface area contributed by atoms with Crippen LogP contribution in [-0.2, 0) is 0 Å². The van der Waals surface area contributed by atoms with E-state index in [1.54, 1.807) is 0 Å². The van der Waals surface area contributed by atoms with Crippen molar-refractivity contribution in [3.63, 3.8) is 0 Å². The summed E-state index contributed by atoms with van der Waals surface area (Å²) in [5.41, 5.74) is 1.03. The summed E-state index contributed by atoms with van der Waals surface area (Å²) < 4.78 is 0. The lowest BCUT2D eigenvalue weighted by molar-refractivity contribution is 1.24. The quantitative estimate of drug-likeness (QED) is 0.548. The molecule has 0 amide bonds. The van der Waals surface area contributed by atoms with Crippen molar-refractivity contribution in [2.75, 3.05) is 0 Å². The predicted octanol–water partition coefficient (Wildman–Crippen LogP) is 2.22. The highest BCUT2D eigenvalue weighted by Gasteiger charge is 2.05. The molecule has 72 valence electrons. The fourth-order valence-corrected chi connectivity index (χ4v) is 2.09. The van der Waals surface area contributed by atoms with Gasteiger partial charge in [-0.25, -0.2) is 0 Å². The SMILES string of the molecule is C=c1ccc2cncc3cnc(C)c1c23. The van der Waals surface area contributed by atoms with Crippen molar-refractivity contribution in [2.45, 2.75) is 6.92 Å². The van der Waals surface area contributed by atoms with Gasteiger partial charge in [0.05, 0.1) is 0 Å². The summed E-state index contributed by atoms with van der Waals surface area (Å²) in [5, 5.41) is 5.65. The van der Waals surface area contributed by atoms with Crippen LogP contribution in [0.1, 0.15) is 5.69 Å². The minimum absolute atomic E-state index is 1.03. The second-order valence-corrected chi connectivity index (χ2v) is 3.77. The molecule has 3 aromatic rings. The highest BCUT2D eigenvalue weighted by molar-refractivity contribution is 6.09. The van der Waals surface area contributed by atoms with E-state index in [0.29, 0.717) is 0 Å². The molecule has 0 atom stereocenters. The van der Waals surface area contributed by atoms with Gasteiger partial charge in [0.25, 0.3) is 0 Å². The van der Waals surface area contributed by atoms with E-state index in [-0.39, 0.29) is 0 Å². The van der Waals surface area contributed by atoms with Gasteiger partial charge in [0.1, 0.15) is 0 Å². The molecule has 0 fully saturated rings. The second kappa shape index (κ2) is 2.76. The molecule has 2 aromatic heterocycles. The molecule has 0 spiro atoms. The topological polar surface area (TPSA) is 25.8 Å². The number of pyridine rings is 2. The maximum absolute atomic E-state index is 4.37. The molecular formula is C13H10N2. The van der Waals surface area contributed by atoms with Crippen LogP contribution in [0.2, 0.25) is 0 Å². The highest BCUT2D eigenvalue weighted by atomic mass is 14.7. The molecule has 3 rings (SSSR count).